The number of benzene rings is 1. The van der Waals surface area contributed by atoms with Gasteiger partial charge in [-0.15, -0.1) is 5.01 Å². The van der Waals surface area contributed by atoms with Gasteiger partial charge >= 0.3 is 0 Å². The van der Waals surface area contributed by atoms with Crippen LogP contribution >= 0.6 is 0 Å². The molecule has 0 saturated heterocycles. The fraction of sp³-hybridized carbons (Fsp3) is 0.250. The van der Waals surface area contributed by atoms with Crippen LogP contribution in [0.4, 0.5) is 5.69 Å². The number of hydrogen-bond donors (Lipinski definition) is 0. The summed E-state index contributed by atoms with van der Waals surface area (Å²) in [6.07, 6.45) is 0. The third-order valence-electron chi connectivity index (χ3n) is 1.84. The van der Waals surface area contributed by atoms with Gasteiger partial charge < -0.3 is 0 Å². The Kier molecular flexibility index (Phi) is 3.17. The topological polar surface area (TPSA) is 89.5 Å². The SMILES string of the molecule is CN(Cc1ccc([N+](=O)[O-])cc1)[N+](=O)[O-]. The molecular formula is C8H9N3O4. The number of non-ortho nitro benzene ring substituents is 1. The Bertz CT molecular complexity index is 376. The third kappa shape index (κ3) is 2.90. The molecule has 0 N–H and O–H groups in total. The molecule has 1 aromatic carbocycles. The fourth-order valence-corrected chi connectivity index (χ4v) is 1.05. The molecule has 0 radical (unpaired) electrons. The van der Waals surface area contributed by atoms with Gasteiger partial charge in [0.15, 0.2) is 5.03 Å². The van der Waals surface area contributed by atoms with Crippen LogP contribution < -0.4 is 0 Å². The minimum absolute atomic E-state index is 0.0255. The Labute approximate surface area is 85.2 Å². The second-order valence-electron chi connectivity index (χ2n) is 2.98. The van der Waals surface area contributed by atoms with Crippen LogP contribution in [-0.4, -0.2) is 22.0 Å². The lowest BCUT2D eigenvalue weighted by atomic mass is 10.2. The highest BCUT2D eigenvalue weighted by Gasteiger charge is 2.09. The van der Waals surface area contributed by atoms with E-state index >= 15 is 0 Å². The summed E-state index contributed by atoms with van der Waals surface area (Å²) in [4.78, 5) is 20.1. The minimum atomic E-state index is -0.540. The summed E-state index contributed by atoms with van der Waals surface area (Å²) in [5.41, 5.74) is 0.627. The largest absolute Gasteiger partial charge is 0.269 e. The first-order chi connectivity index (χ1) is 7.00. The molecule has 0 atom stereocenters. The Balaban J connectivity index is 2.72. The van der Waals surface area contributed by atoms with Crippen molar-refractivity contribution >= 4 is 5.69 Å². The maximum atomic E-state index is 10.3. The molecule has 0 aliphatic heterocycles. The molecule has 0 aromatic heterocycles. The Morgan fingerprint density at radius 2 is 1.73 bits per heavy atom. The zero-order chi connectivity index (χ0) is 11.4. The van der Waals surface area contributed by atoms with Crippen molar-refractivity contribution in [1.82, 2.24) is 5.01 Å². The lowest BCUT2D eigenvalue weighted by Gasteiger charge is -2.07. The molecule has 7 nitrogen and oxygen atoms in total. The van der Waals surface area contributed by atoms with Gasteiger partial charge in [0.25, 0.3) is 5.69 Å². The summed E-state index contributed by atoms with van der Waals surface area (Å²) < 4.78 is 0. The molecular weight excluding hydrogens is 202 g/mol. The molecule has 0 heterocycles. The van der Waals surface area contributed by atoms with Crippen LogP contribution in [0, 0.1) is 20.2 Å². The van der Waals surface area contributed by atoms with Crippen LogP contribution in [0.3, 0.4) is 0 Å². The molecule has 0 amide bonds. The first-order valence-corrected chi connectivity index (χ1v) is 4.09. The predicted molar refractivity (Wildman–Crippen MR) is 51.6 cm³/mol. The minimum Gasteiger partial charge on any atom is -0.258 e. The second-order valence-corrected chi connectivity index (χ2v) is 2.98. The van der Waals surface area contributed by atoms with Crippen LogP contribution in [0.2, 0.25) is 0 Å². The molecule has 15 heavy (non-hydrogen) atoms. The van der Waals surface area contributed by atoms with Gasteiger partial charge in [0, 0.05) is 12.1 Å². The van der Waals surface area contributed by atoms with E-state index in [0.29, 0.717) is 5.56 Å². The molecule has 0 aliphatic rings. The quantitative estimate of drug-likeness (QED) is 0.551. The van der Waals surface area contributed by atoms with E-state index in [2.05, 4.69) is 0 Å². The Hall–Kier alpha value is -2.18. The lowest BCUT2D eigenvalue weighted by Crippen LogP contribution is -2.24. The van der Waals surface area contributed by atoms with Gasteiger partial charge in [0.2, 0.25) is 0 Å². The third-order valence-corrected chi connectivity index (χ3v) is 1.84. The highest BCUT2D eigenvalue weighted by atomic mass is 16.7. The van der Waals surface area contributed by atoms with Gasteiger partial charge in [-0.3, -0.25) is 10.1 Å². The van der Waals surface area contributed by atoms with Crippen molar-refractivity contribution < 1.29 is 9.96 Å². The molecule has 1 rings (SSSR count). The van der Waals surface area contributed by atoms with Crippen LogP contribution in [-0.2, 0) is 6.54 Å². The van der Waals surface area contributed by atoms with E-state index in [-0.39, 0.29) is 12.2 Å². The van der Waals surface area contributed by atoms with Gasteiger partial charge in [0.1, 0.15) is 6.54 Å². The van der Waals surface area contributed by atoms with Gasteiger partial charge in [-0.2, -0.15) is 0 Å². The van der Waals surface area contributed by atoms with E-state index in [1.54, 1.807) is 0 Å². The number of nitrogens with zero attached hydrogens (tertiary/aromatic N) is 3. The van der Waals surface area contributed by atoms with E-state index in [1.807, 2.05) is 0 Å². The summed E-state index contributed by atoms with van der Waals surface area (Å²) in [5, 5.41) is 21.0. The van der Waals surface area contributed by atoms with Crippen molar-refractivity contribution in [2.45, 2.75) is 6.54 Å². The fourth-order valence-electron chi connectivity index (χ4n) is 1.05. The summed E-state index contributed by atoms with van der Waals surface area (Å²) in [6.45, 7) is 0.116. The molecule has 0 unspecified atom stereocenters. The number of rotatable bonds is 4. The van der Waals surface area contributed by atoms with E-state index in [4.69, 9.17) is 0 Å². The molecule has 0 aliphatic carbocycles. The number of hydrogen-bond acceptors (Lipinski definition) is 4. The number of hydrazine groups is 1. The average molecular weight is 211 g/mol. The highest BCUT2D eigenvalue weighted by Crippen LogP contribution is 2.12. The predicted octanol–water partition coefficient (Wildman–Crippen LogP) is 1.22. The molecule has 7 heteroatoms. The molecule has 1 aromatic rings. The maximum Gasteiger partial charge on any atom is 0.269 e. The second kappa shape index (κ2) is 4.36. The highest BCUT2D eigenvalue weighted by molar-refractivity contribution is 5.32. The molecule has 0 fully saturated rings. The number of nitro benzene ring substituents is 1. The average Bonchev–Trinajstić information content (AvgIpc) is 2.18. The Morgan fingerprint density at radius 1 is 1.20 bits per heavy atom. The van der Waals surface area contributed by atoms with Crippen molar-refractivity contribution in [2.24, 2.45) is 0 Å². The molecule has 80 valence electrons. The molecule has 0 bridgehead atoms. The maximum absolute atomic E-state index is 10.3. The zero-order valence-corrected chi connectivity index (χ0v) is 7.99. The van der Waals surface area contributed by atoms with E-state index in [1.165, 1.54) is 31.3 Å². The summed E-state index contributed by atoms with van der Waals surface area (Å²) in [5.74, 6) is 0. The van der Waals surface area contributed by atoms with Crippen molar-refractivity contribution in [1.29, 1.82) is 0 Å². The van der Waals surface area contributed by atoms with E-state index in [0.717, 1.165) is 5.01 Å². The smallest absolute Gasteiger partial charge is 0.258 e. The molecule has 0 saturated carbocycles. The van der Waals surface area contributed by atoms with Crippen LogP contribution in [0.15, 0.2) is 24.3 Å². The summed E-state index contributed by atoms with van der Waals surface area (Å²) in [6, 6.07) is 5.64. The van der Waals surface area contributed by atoms with Crippen LogP contribution in [0.1, 0.15) is 5.56 Å². The first kappa shape index (κ1) is 10.9. The van der Waals surface area contributed by atoms with Gasteiger partial charge in [-0.25, -0.2) is 10.1 Å². The van der Waals surface area contributed by atoms with E-state index in [9.17, 15) is 20.2 Å². The molecule has 0 spiro atoms. The zero-order valence-electron chi connectivity index (χ0n) is 7.99. The van der Waals surface area contributed by atoms with E-state index < -0.39 is 9.96 Å². The Morgan fingerprint density at radius 3 is 2.13 bits per heavy atom. The normalized spacial score (nSPS) is 9.67. The van der Waals surface area contributed by atoms with Crippen molar-refractivity contribution in [2.75, 3.05) is 7.05 Å². The van der Waals surface area contributed by atoms with Crippen molar-refractivity contribution in [3.8, 4) is 0 Å². The number of nitro groups is 2. The van der Waals surface area contributed by atoms with Crippen molar-refractivity contribution in [3.63, 3.8) is 0 Å². The monoisotopic (exact) mass is 211 g/mol. The van der Waals surface area contributed by atoms with Gasteiger partial charge in [-0.1, -0.05) is 12.1 Å². The van der Waals surface area contributed by atoms with Crippen LogP contribution in [0.5, 0.6) is 0 Å². The lowest BCUT2D eigenvalue weighted by molar-refractivity contribution is -0.652. The van der Waals surface area contributed by atoms with Gasteiger partial charge in [0.05, 0.1) is 12.0 Å². The van der Waals surface area contributed by atoms with Crippen molar-refractivity contribution in [3.05, 3.63) is 50.1 Å². The van der Waals surface area contributed by atoms with Gasteiger partial charge in [-0.05, 0) is 5.56 Å². The standard InChI is InChI=1S/C8H9N3O4/c1-9(11(14)15)6-7-2-4-8(5-3-7)10(12)13/h2-5H,6H2,1H3. The summed E-state index contributed by atoms with van der Waals surface area (Å²) >= 11 is 0. The first-order valence-electron chi connectivity index (χ1n) is 4.09. The summed E-state index contributed by atoms with van der Waals surface area (Å²) in [7, 11) is 1.33. The van der Waals surface area contributed by atoms with Crippen LogP contribution in [0.25, 0.3) is 0 Å².